The van der Waals surface area contributed by atoms with Gasteiger partial charge in [-0.25, -0.2) is 0 Å². The number of hydrogen-bond donors (Lipinski definition) is 1. The van der Waals surface area contributed by atoms with Gasteiger partial charge in [-0.05, 0) is 29.2 Å². The quantitative estimate of drug-likeness (QED) is 0.675. The standard InChI is InChI=1S/C12H12N4O4/c1-15-7-10(11(14-15)16(18)19)12(17)13-8-3-5-9(20-2)6-4-8/h3-7H,1-2H3,(H,13,17). The Morgan fingerprint density at radius 2 is 2.05 bits per heavy atom. The topological polar surface area (TPSA) is 99.3 Å². The molecule has 0 atom stereocenters. The summed E-state index contributed by atoms with van der Waals surface area (Å²) in [6, 6.07) is 6.62. The van der Waals surface area contributed by atoms with Crippen molar-refractivity contribution in [2.45, 2.75) is 0 Å². The number of nitrogens with zero attached hydrogens (tertiary/aromatic N) is 3. The van der Waals surface area contributed by atoms with E-state index in [4.69, 9.17) is 4.74 Å². The predicted octanol–water partition coefficient (Wildman–Crippen LogP) is 1.59. The normalized spacial score (nSPS) is 10.1. The zero-order chi connectivity index (χ0) is 14.7. The molecule has 1 aromatic carbocycles. The Kier molecular flexibility index (Phi) is 3.65. The summed E-state index contributed by atoms with van der Waals surface area (Å²) >= 11 is 0. The second kappa shape index (κ2) is 5.39. The van der Waals surface area contributed by atoms with Gasteiger partial charge in [-0.1, -0.05) is 0 Å². The number of anilines is 1. The summed E-state index contributed by atoms with van der Waals surface area (Å²) in [5.41, 5.74) is 0.419. The van der Waals surface area contributed by atoms with Gasteiger partial charge in [0.15, 0.2) is 5.56 Å². The van der Waals surface area contributed by atoms with Crippen molar-refractivity contribution in [1.29, 1.82) is 0 Å². The van der Waals surface area contributed by atoms with E-state index in [1.54, 1.807) is 24.3 Å². The highest BCUT2D eigenvalue weighted by Crippen LogP contribution is 2.19. The average molecular weight is 276 g/mol. The molecular formula is C12H12N4O4. The number of benzene rings is 1. The van der Waals surface area contributed by atoms with Crippen molar-refractivity contribution in [3.05, 3.63) is 46.1 Å². The maximum absolute atomic E-state index is 12.0. The third-order valence-corrected chi connectivity index (χ3v) is 2.57. The van der Waals surface area contributed by atoms with Gasteiger partial charge < -0.3 is 20.2 Å². The fraction of sp³-hybridized carbons (Fsp3) is 0.167. The largest absolute Gasteiger partial charge is 0.497 e. The smallest absolute Gasteiger partial charge is 0.402 e. The van der Waals surface area contributed by atoms with E-state index < -0.39 is 16.6 Å². The number of carbonyl (C=O) groups excluding carboxylic acids is 1. The molecule has 0 aliphatic heterocycles. The van der Waals surface area contributed by atoms with Crippen LogP contribution < -0.4 is 10.1 Å². The summed E-state index contributed by atoms with van der Waals surface area (Å²) in [5, 5.41) is 17.0. The number of amides is 1. The van der Waals surface area contributed by atoms with E-state index in [0.29, 0.717) is 11.4 Å². The van der Waals surface area contributed by atoms with Crippen LogP contribution in [0.2, 0.25) is 0 Å². The molecule has 8 nitrogen and oxygen atoms in total. The minimum absolute atomic E-state index is 0.0895. The number of rotatable bonds is 4. The third kappa shape index (κ3) is 2.74. The Morgan fingerprint density at radius 1 is 1.40 bits per heavy atom. The van der Waals surface area contributed by atoms with E-state index in [2.05, 4.69) is 10.4 Å². The van der Waals surface area contributed by atoms with Crippen LogP contribution in [-0.4, -0.2) is 27.7 Å². The van der Waals surface area contributed by atoms with E-state index >= 15 is 0 Å². The molecule has 0 bridgehead atoms. The van der Waals surface area contributed by atoms with Crippen molar-refractivity contribution in [2.75, 3.05) is 12.4 Å². The predicted molar refractivity (Wildman–Crippen MR) is 70.8 cm³/mol. The molecule has 0 aliphatic carbocycles. The zero-order valence-corrected chi connectivity index (χ0v) is 10.9. The SMILES string of the molecule is COc1ccc(NC(=O)c2cn(C)nc2[N+](=O)[O-])cc1. The first-order valence-corrected chi connectivity index (χ1v) is 5.64. The fourth-order valence-corrected chi connectivity index (χ4v) is 1.64. The molecule has 1 aromatic heterocycles. The molecule has 0 unspecified atom stereocenters. The van der Waals surface area contributed by atoms with Crippen molar-refractivity contribution in [2.24, 2.45) is 7.05 Å². The van der Waals surface area contributed by atoms with Crippen LogP contribution in [0, 0.1) is 10.1 Å². The molecule has 0 saturated heterocycles. The number of nitrogens with one attached hydrogen (secondary N) is 1. The number of hydrogen-bond acceptors (Lipinski definition) is 5. The molecule has 0 fully saturated rings. The molecule has 0 radical (unpaired) electrons. The lowest BCUT2D eigenvalue weighted by Crippen LogP contribution is -2.12. The van der Waals surface area contributed by atoms with Crippen LogP contribution in [-0.2, 0) is 7.05 Å². The van der Waals surface area contributed by atoms with Gasteiger partial charge in [-0.15, -0.1) is 0 Å². The van der Waals surface area contributed by atoms with Crippen LogP contribution in [0.25, 0.3) is 0 Å². The monoisotopic (exact) mass is 276 g/mol. The highest BCUT2D eigenvalue weighted by molar-refractivity contribution is 6.06. The van der Waals surface area contributed by atoms with Crippen LogP contribution in [0.4, 0.5) is 11.5 Å². The van der Waals surface area contributed by atoms with Gasteiger partial charge in [0, 0.05) is 5.69 Å². The summed E-state index contributed by atoms with van der Waals surface area (Å²) in [6.45, 7) is 0. The number of methoxy groups -OCH3 is 1. The molecule has 0 saturated carbocycles. The number of carbonyl (C=O) groups is 1. The van der Waals surface area contributed by atoms with E-state index in [-0.39, 0.29) is 5.56 Å². The first-order valence-electron chi connectivity index (χ1n) is 5.64. The maximum Gasteiger partial charge on any atom is 0.402 e. The molecule has 1 N–H and O–H groups in total. The Hall–Kier alpha value is -2.90. The van der Waals surface area contributed by atoms with Crippen molar-refractivity contribution >= 4 is 17.4 Å². The Balaban J connectivity index is 2.21. The van der Waals surface area contributed by atoms with Gasteiger partial charge in [0.2, 0.25) is 0 Å². The lowest BCUT2D eigenvalue weighted by Gasteiger charge is -2.04. The second-order valence-corrected chi connectivity index (χ2v) is 3.98. The van der Waals surface area contributed by atoms with Crippen molar-refractivity contribution in [1.82, 2.24) is 9.78 Å². The maximum atomic E-state index is 12.0. The van der Waals surface area contributed by atoms with Crippen LogP contribution >= 0.6 is 0 Å². The molecule has 0 aliphatic rings. The van der Waals surface area contributed by atoms with Crippen molar-refractivity contribution < 1.29 is 14.5 Å². The molecule has 20 heavy (non-hydrogen) atoms. The Morgan fingerprint density at radius 3 is 2.60 bits per heavy atom. The van der Waals surface area contributed by atoms with Crippen LogP contribution in [0.15, 0.2) is 30.5 Å². The van der Waals surface area contributed by atoms with Gasteiger partial charge in [-0.3, -0.25) is 4.79 Å². The van der Waals surface area contributed by atoms with E-state index in [9.17, 15) is 14.9 Å². The first-order chi connectivity index (χ1) is 9.51. The molecule has 0 spiro atoms. The molecule has 8 heteroatoms. The van der Waals surface area contributed by atoms with Crippen LogP contribution in [0.5, 0.6) is 5.75 Å². The summed E-state index contributed by atoms with van der Waals surface area (Å²) in [6.07, 6.45) is 1.30. The summed E-state index contributed by atoms with van der Waals surface area (Å²) in [5.74, 6) is -0.413. The fourth-order valence-electron chi connectivity index (χ4n) is 1.64. The lowest BCUT2D eigenvalue weighted by molar-refractivity contribution is -0.390. The summed E-state index contributed by atoms with van der Waals surface area (Å²) in [4.78, 5) is 22.1. The number of nitro groups is 1. The summed E-state index contributed by atoms with van der Waals surface area (Å²) < 4.78 is 6.22. The lowest BCUT2D eigenvalue weighted by atomic mass is 10.2. The zero-order valence-electron chi connectivity index (χ0n) is 10.9. The van der Waals surface area contributed by atoms with Gasteiger partial charge in [0.05, 0.1) is 25.5 Å². The number of aryl methyl sites for hydroxylation is 1. The molecule has 1 heterocycles. The second-order valence-electron chi connectivity index (χ2n) is 3.98. The van der Waals surface area contributed by atoms with Crippen molar-refractivity contribution in [3.8, 4) is 5.75 Å². The highest BCUT2D eigenvalue weighted by atomic mass is 16.6. The van der Waals surface area contributed by atoms with Crippen molar-refractivity contribution in [3.63, 3.8) is 0 Å². The van der Waals surface area contributed by atoms with Gasteiger partial charge in [0.1, 0.15) is 5.75 Å². The number of aromatic nitrogens is 2. The number of ether oxygens (including phenoxy) is 1. The minimum atomic E-state index is -0.692. The molecule has 2 aromatic rings. The molecule has 104 valence electrons. The van der Waals surface area contributed by atoms with E-state index in [1.165, 1.54) is 25.0 Å². The van der Waals surface area contributed by atoms with Crippen LogP contribution in [0.3, 0.4) is 0 Å². The Bertz CT molecular complexity index is 648. The Labute approximate surface area is 114 Å². The van der Waals surface area contributed by atoms with Gasteiger partial charge in [0.25, 0.3) is 5.91 Å². The van der Waals surface area contributed by atoms with Crippen LogP contribution in [0.1, 0.15) is 10.4 Å². The minimum Gasteiger partial charge on any atom is -0.497 e. The molecule has 2 rings (SSSR count). The first kappa shape index (κ1) is 13.5. The van der Waals surface area contributed by atoms with Gasteiger partial charge in [-0.2, -0.15) is 4.68 Å². The average Bonchev–Trinajstić information content (AvgIpc) is 2.82. The third-order valence-electron chi connectivity index (χ3n) is 2.57. The van der Waals surface area contributed by atoms with E-state index in [0.717, 1.165) is 0 Å². The molecule has 1 amide bonds. The highest BCUT2D eigenvalue weighted by Gasteiger charge is 2.25. The summed E-state index contributed by atoms with van der Waals surface area (Å²) in [7, 11) is 3.05. The van der Waals surface area contributed by atoms with Gasteiger partial charge >= 0.3 is 5.82 Å². The van der Waals surface area contributed by atoms with E-state index in [1.807, 2.05) is 0 Å². The molecular weight excluding hydrogens is 264 g/mol.